The number of nitrogens with one attached hydrogen (secondary N) is 10. The van der Waals surface area contributed by atoms with Gasteiger partial charge in [-0.2, -0.15) is 9.97 Å². The second-order valence-electron chi connectivity index (χ2n) is 30.0. The first-order chi connectivity index (χ1) is 65.5. The zero-order chi connectivity index (χ0) is 92.3. The molecular weight excluding hydrogens is 1740 g/mol. The van der Waals surface area contributed by atoms with Crippen molar-refractivity contribution in [2.75, 3.05) is 53.2 Å². The van der Waals surface area contributed by atoms with Crippen molar-refractivity contribution in [1.29, 1.82) is 0 Å². The number of benzene rings is 10. The Morgan fingerprint density at radius 2 is 0.664 bits per heavy atom. The number of oxazole rings is 1. The number of hydrogen-bond donors (Lipinski definition) is 10. The molecule has 0 unspecified atom stereocenters. The third kappa shape index (κ3) is 24.5. The number of aromatic nitrogens is 18. The molecule has 0 radical (unpaired) electrons. The van der Waals surface area contributed by atoms with Crippen LogP contribution >= 0.6 is 22.7 Å². The van der Waals surface area contributed by atoms with Gasteiger partial charge in [-0.05, 0) is 107 Å². The van der Waals surface area contributed by atoms with E-state index >= 15 is 0 Å². The number of amides is 5. The van der Waals surface area contributed by atoms with E-state index in [0.717, 1.165) is 93.0 Å². The predicted octanol–water partition coefficient (Wildman–Crippen LogP) is 16.7. The number of thiazole rings is 1. The summed E-state index contributed by atoms with van der Waals surface area (Å²) < 4.78 is 24.4. The highest BCUT2D eigenvalue weighted by Gasteiger charge is 2.22. The molecule has 0 saturated carbocycles. The van der Waals surface area contributed by atoms with Crippen LogP contribution in [-0.4, -0.2) is 118 Å². The largest absolute Gasteiger partial charge is 0.425 e. The second-order valence-corrected chi connectivity index (χ2v) is 32.1. The molecule has 0 atom stereocenters. The summed E-state index contributed by atoms with van der Waals surface area (Å²) in [6.45, 7) is 10.7. The molecule has 38 heteroatoms. The Bertz CT molecular complexity index is 6600. The van der Waals surface area contributed by atoms with Crippen molar-refractivity contribution in [3.05, 3.63) is 341 Å². The lowest BCUT2D eigenvalue weighted by Crippen LogP contribution is -2.21. The SMILES string of the molecule is Cc1nc(NC(=O)Cn2c(NCc3ccccc3)nc3ccccc32)no1.Cc1ncc(NC(=O)Cn2c(NCc3ccccc3)nc3ccccc32)o1.Cc1ncc(NC(=O)Cn2c(NCc3ccccc3)nc3ccccc32)s1.Cc1noc(NC(=O)Cn2c(NCc3ccccc3)nc3ccccc32)n1.O=C(Cn1c(NCc2ccccc2)nc2ccccc21)Nc1nncs1. The molecule has 0 saturated heterocycles. The van der Waals surface area contributed by atoms with Crippen LogP contribution in [0.5, 0.6) is 0 Å². The first-order valence-electron chi connectivity index (χ1n) is 42.4. The molecule has 10 aromatic heterocycles. The number of aryl methyl sites for hydroxylation is 4. The van der Waals surface area contributed by atoms with E-state index in [-0.39, 0.29) is 74.2 Å². The van der Waals surface area contributed by atoms with E-state index in [1.807, 2.05) is 291 Å². The van der Waals surface area contributed by atoms with Crippen molar-refractivity contribution in [3.8, 4) is 0 Å². The average molecular weight is 1830 g/mol. The molecule has 10 N–H and O–H groups in total. The van der Waals surface area contributed by atoms with Crippen LogP contribution in [0.25, 0.3) is 55.2 Å². The van der Waals surface area contributed by atoms with Gasteiger partial charge in [0.1, 0.15) is 43.2 Å². The number of nitrogens with zero attached hydrogens (tertiary/aromatic N) is 18. The van der Waals surface area contributed by atoms with E-state index in [2.05, 4.69) is 131 Å². The van der Waals surface area contributed by atoms with Gasteiger partial charge < -0.3 is 68.2 Å². The van der Waals surface area contributed by atoms with Crippen LogP contribution in [0.15, 0.2) is 304 Å². The minimum Gasteiger partial charge on any atom is -0.425 e. The van der Waals surface area contributed by atoms with E-state index in [0.29, 0.717) is 91.1 Å². The van der Waals surface area contributed by atoms with Gasteiger partial charge in [0.15, 0.2) is 11.7 Å². The molecule has 0 fully saturated rings. The highest BCUT2D eigenvalue weighted by Crippen LogP contribution is 2.28. The molecule has 0 aliphatic rings. The number of hydrogen-bond acceptors (Lipinski definition) is 28. The Kier molecular flexibility index (Phi) is 29.6. The fraction of sp³-hybridized carbons (Fsp3) is 0.146. The van der Waals surface area contributed by atoms with Gasteiger partial charge in [-0.25, -0.2) is 34.9 Å². The molecule has 0 spiro atoms. The summed E-state index contributed by atoms with van der Waals surface area (Å²) >= 11 is 2.75. The van der Waals surface area contributed by atoms with Crippen LogP contribution in [0.1, 0.15) is 50.4 Å². The Balaban J connectivity index is 0.000000122. The lowest BCUT2D eigenvalue weighted by Gasteiger charge is -2.11. The van der Waals surface area contributed by atoms with Gasteiger partial charge in [-0.1, -0.05) is 229 Å². The van der Waals surface area contributed by atoms with Crippen LogP contribution in [0.3, 0.4) is 0 Å². The predicted molar refractivity (Wildman–Crippen MR) is 517 cm³/mol. The third-order valence-corrected chi connectivity index (χ3v) is 21.6. The maximum absolute atomic E-state index is 12.6. The van der Waals surface area contributed by atoms with Gasteiger partial charge in [-0.3, -0.25) is 45.2 Å². The summed E-state index contributed by atoms with van der Waals surface area (Å²) in [7, 11) is 0. The van der Waals surface area contributed by atoms with Gasteiger partial charge in [0.2, 0.25) is 76.2 Å². The molecule has 10 aromatic carbocycles. The summed E-state index contributed by atoms with van der Waals surface area (Å²) in [4.78, 5) is 102. The van der Waals surface area contributed by atoms with E-state index < -0.39 is 0 Å². The quantitative estimate of drug-likeness (QED) is 0.0200. The minimum absolute atomic E-state index is 0.0685. The first-order valence-corrected chi connectivity index (χ1v) is 44.1. The van der Waals surface area contributed by atoms with Crippen molar-refractivity contribution in [2.24, 2.45) is 0 Å². The van der Waals surface area contributed by atoms with Crippen molar-refractivity contribution >= 4 is 165 Å². The molecular formula is C96H90N28O8S2. The molecule has 0 aliphatic heterocycles. The Morgan fingerprint density at radius 1 is 0.328 bits per heavy atom. The number of carbonyl (C=O) groups excluding carboxylic acids is 5. The molecule has 0 aliphatic carbocycles. The third-order valence-electron chi connectivity index (χ3n) is 20.2. The van der Waals surface area contributed by atoms with Crippen LogP contribution < -0.4 is 53.2 Å². The van der Waals surface area contributed by atoms with Gasteiger partial charge in [0, 0.05) is 46.6 Å². The standard InChI is InChI=1S/C20H19N5O2.C20H19N5OS.2C19H18N6O2.C18H16N6OS/c2*1-14-21-12-19(27-14)24-18(26)13-25-17-10-6-5-9-16(17)23-20(25)22-11-15-7-3-2-4-8-15;1-13-21-18(24-27-13)23-17(26)12-25-16-10-6-5-9-15(16)22-19(25)20-11-14-7-3-2-4-8-14;1-13-21-19(27-24-13)23-17(26)12-25-16-10-6-5-9-15(16)22-18(25)20-11-14-7-3-2-4-8-14;25-16(22-18-23-20-12-26-18)11-24-15-9-5-4-8-14(15)21-17(24)19-10-13-6-2-1-3-7-13/h2*2-10,12H,11,13H2,1H3,(H,22,23)(H,24,26);2-10H,11-12H2,1H3,(H,20,22)(H,23,24,26);2-10H,11-12H2,1H3,(H,20,22)(H,21,23,24,26);1-9,12H,10-11H2,(H,19,21)(H,22,23,25). The number of carbonyl (C=O) groups is 5. The van der Waals surface area contributed by atoms with E-state index in [9.17, 15) is 24.0 Å². The van der Waals surface area contributed by atoms with Gasteiger partial charge in [0.05, 0.1) is 72.6 Å². The summed E-state index contributed by atoms with van der Waals surface area (Å²) in [5, 5.41) is 47.3. The Hall–Kier alpha value is -17.4. The second kappa shape index (κ2) is 44.1. The number of rotatable bonds is 30. The molecule has 674 valence electrons. The maximum Gasteiger partial charge on any atom is 0.328 e. The van der Waals surface area contributed by atoms with Crippen LogP contribution in [-0.2, 0) is 89.4 Å². The van der Waals surface area contributed by atoms with E-state index in [4.69, 9.17) is 13.5 Å². The highest BCUT2D eigenvalue weighted by atomic mass is 32.1. The Labute approximate surface area is 773 Å². The van der Waals surface area contributed by atoms with Crippen molar-refractivity contribution in [1.82, 2.24) is 88.2 Å². The summed E-state index contributed by atoms with van der Waals surface area (Å²) in [6.07, 6.45) is 3.17. The molecule has 20 rings (SSSR count). The van der Waals surface area contributed by atoms with Crippen LogP contribution in [0.4, 0.5) is 57.7 Å². The topological polar surface area (TPSA) is 437 Å². The first kappa shape index (κ1) is 90.0. The van der Waals surface area contributed by atoms with E-state index in [1.165, 1.54) is 28.9 Å². The zero-order valence-corrected chi connectivity index (χ0v) is 74.5. The van der Waals surface area contributed by atoms with Crippen LogP contribution in [0.2, 0.25) is 0 Å². The maximum atomic E-state index is 12.6. The average Bonchev–Trinajstić information content (AvgIpc) is 1.68. The molecule has 36 nitrogen and oxygen atoms in total. The van der Waals surface area contributed by atoms with Gasteiger partial charge in [0.25, 0.3) is 5.95 Å². The van der Waals surface area contributed by atoms with Gasteiger partial charge >= 0.3 is 6.01 Å². The zero-order valence-electron chi connectivity index (χ0n) is 72.9. The highest BCUT2D eigenvalue weighted by molar-refractivity contribution is 7.15. The normalized spacial score (nSPS) is 10.8. The number of anilines is 10. The molecule has 20 aromatic rings. The molecule has 10 heterocycles. The number of para-hydroxylation sites is 10. The lowest BCUT2D eigenvalue weighted by atomic mass is 10.2. The summed E-state index contributed by atoms with van der Waals surface area (Å²) in [5.74, 6) is 4.04. The fourth-order valence-electron chi connectivity index (χ4n) is 14.1. The number of fused-ring (bicyclic) bond motifs is 5. The molecule has 0 bridgehead atoms. The van der Waals surface area contributed by atoms with Crippen molar-refractivity contribution < 1.29 is 37.4 Å². The van der Waals surface area contributed by atoms with Gasteiger partial charge in [-0.15, -0.1) is 21.5 Å². The van der Waals surface area contributed by atoms with Crippen molar-refractivity contribution in [3.63, 3.8) is 0 Å². The van der Waals surface area contributed by atoms with Crippen molar-refractivity contribution in [2.45, 2.75) is 93.1 Å². The summed E-state index contributed by atoms with van der Waals surface area (Å²) in [5.41, 5.74) is 15.9. The minimum atomic E-state index is -0.274. The monoisotopic (exact) mass is 1830 g/mol. The summed E-state index contributed by atoms with van der Waals surface area (Å²) in [6, 6.07) is 89.0. The smallest absolute Gasteiger partial charge is 0.328 e. The fourth-order valence-corrected chi connectivity index (χ4v) is 15.2. The molecule has 5 amide bonds. The van der Waals surface area contributed by atoms with E-state index in [1.54, 1.807) is 32.5 Å². The lowest BCUT2D eigenvalue weighted by molar-refractivity contribution is -0.117. The molecule has 134 heavy (non-hydrogen) atoms. The number of imidazole rings is 5. The Morgan fingerprint density at radius 3 is 0.970 bits per heavy atom. The van der Waals surface area contributed by atoms with Crippen LogP contribution in [0, 0.1) is 27.7 Å².